The third-order valence-electron chi connectivity index (χ3n) is 9.92. The molecule has 10 nitrogen and oxygen atoms in total. The SMILES string of the molecule is CCCC/C=C\C/C=C\CCCCCCCC(=O)OC(CO)COP(=O)(O)OCC(CO)OC(=O)CCCCCCCCCCCCCCCCCCCCC. The van der Waals surface area contributed by atoms with Crippen LogP contribution in [0.5, 0.6) is 0 Å². The van der Waals surface area contributed by atoms with E-state index in [2.05, 4.69) is 38.2 Å². The van der Waals surface area contributed by atoms with Crippen LogP contribution in [0.25, 0.3) is 0 Å². The molecule has 0 saturated heterocycles. The molecule has 11 heteroatoms. The zero-order valence-electron chi connectivity index (χ0n) is 35.9. The minimum absolute atomic E-state index is 0.178. The fraction of sp³-hybridized carbons (Fsp3) is 0.867. The van der Waals surface area contributed by atoms with E-state index in [1.54, 1.807) is 0 Å². The largest absolute Gasteiger partial charge is 0.472 e. The summed E-state index contributed by atoms with van der Waals surface area (Å²) < 4.78 is 32.6. The third kappa shape index (κ3) is 39.3. The number of unbranched alkanes of at least 4 members (excludes halogenated alkanes) is 25. The maximum atomic E-state index is 12.4. The van der Waals surface area contributed by atoms with Crippen LogP contribution in [-0.4, -0.2) is 65.7 Å². The number of ether oxygens (including phenoxy) is 2. The van der Waals surface area contributed by atoms with E-state index >= 15 is 0 Å². The minimum Gasteiger partial charge on any atom is -0.457 e. The second kappa shape index (κ2) is 41.6. The van der Waals surface area contributed by atoms with Crippen LogP contribution < -0.4 is 0 Å². The number of carbonyl (C=O) groups is 2. The van der Waals surface area contributed by atoms with Gasteiger partial charge in [0.15, 0.2) is 0 Å². The van der Waals surface area contributed by atoms with E-state index < -0.39 is 58.4 Å². The molecule has 0 aliphatic heterocycles. The van der Waals surface area contributed by atoms with Crippen molar-refractivity contribution in [1.82, 2.24) is 0 Å². The number of rotatable bonds is 43. The molecule has 0 amide bonds. The van der Waals surface area contributed by atoms with Crippen LogP contribution in [0, 0.1) is 0 Å². The molecule has 0 aliphatic carbocycles. The molecule has 0 fully saturated rings. The average Bonchev–Trinajstić information content (AvgIpc) is 3.19. The van der Waals surface area contributed by atoms with Crippen molar-refractivity contribution in [3.8, 4) is 0 Å². The molecule has 0 heterocycles. The molecule has 0 spiro atoms. The summed E-state index contributed by atoms with van der Waals surface area (Å²) in [5.74, 6) is -1.03. The Labute approximate surface area is 342 Å². The first-order valence-electron chi connectivity index (χ1n) is 22.8. The molecule has 0 bridgehead atoms. The maximum absolute atomic E-state index is 12.4. The molecule has 0 rings (SSSR count). The van der Waals surface area contributed by atoms with Gasteiger partial charge in [-0.2, -0.15) is 0 Å². The van der Waals surface area contributed by atoms with Crippen molar-refractivity contribution in [1.29, 1.82) is 0 Å². The summed E-state index contributed by atoms with van der Waals surface area (Å²) in [6.07, 6.45) is 41.5. The lowest BCUT2D eigenvalue weighted by Crippen LogP contribution is -2.28. The normalized spacial score (nSPS) is 14.0. The molecule has 3 unspecified atom stereocenters. The highest BCUT2D eigenvalue weighted by Gasteiger charge is 2.27. The summed E-state index contributed by atoms with van der Waals surface area (Å²) in [5, 5.41) is 19.2. The highest BCUT2D eigenvalue weighted by atomic mass is 31.2. The Hall–Kier alpha value is -1.55. The van der Waals surface area contributed by atoms with Crippen molar-refractivity contribution in [2.24, 2.45) is 0 Å². The lowest BCUT2D eigenvalue weighted by atomic mass is 10.0. The fourth-order valence-corrected chi connectivity index (χ4v) is 7.15. The molecule has 0 aromatic heterocycles. The number of carbonyl (C=O) groups excluding carboxylic acids is 2. The monoisotopic (exact) mass is 817 g/mol. The van der Waals surface area contributed by atoms with Crippen LogP contribution in [0.1, 0.15) is 213 Å². The van der Waals surface area contributed by atoms with Gasteiger partial charge in [-0.25, -0.2) is 4.57 Å². The van der Waals surface area contributed by atoms with Gasteiger partial charge in [0.25, 0.3) is 0 Å². The lowest BCUT2D eigenvalue weighted by Gasteiger charge is -2.20. The summed E-state index contributed by atoms with van der Waals surface area (Å²) in [5.41, 5.74) is 0. The summed E-state index contributed by atoms with van der Waals surface area (Å²) in [7, 11) is -4.64. The second-order valence-corrected chi connectivity index (χ2v) is 16.8. The second-order valence-electron chi connectivity index (χ2n) is 15.4. The van der Waals surface area contributed by atoms with Crippen LogP contribution >= 0.6 is 7.82 Å². The molecule has 0 radical (unpaired) electrons. The summed E-state index contributed by atoms with van der Waals surface area (Å²) in [6, 6.07) is 0. The Bertz CT molecular complexity index is 988. The summed E-state index contributed by atoms with van der Waals surface area (Å²) >= 11 is 0. The predicted molar refractivity (Wildman–Crippen MR) is 228 cm³/mol. The Morgan fingerprint density at radius 3 is 1.16 bits per heavy atom. The van der Waals surface area contributed by atoms with Crippen LogP contribution in [-0.2, 0) is 32.7 Å². The molecule has 56 heavy (non-hydrogen) atoms. The van der Waals surface area contributed by atoms with Gasteiger partial charge in [-0.1, -0.05) is 186 Å². The number of aliphatic hydroxyl groups is 2. The van der Waals surface area contributed by atoms with E-state index in [1.807, 2.05) is 0 Å². The number of allylic oxidation sites excluding steroid dienone is 4. The first-order valence-corrected chi connectivity index (χ1v) is 24.3. The van der Waals surface area contributed by atoms with E-state index in [9.17, 15) is 29.3 Å². The van der Waals surface area contributed by atoms with Gasteiger partial charge in [0.05, 0.1) is 26.4 Å². The van der Waals surface area contributed by atoms with Crippen molar-refractivity contribution in [3.05, 3.63) is 24.3 Å². The molecular formula is C45H85O10P. The number of hydrogen-bond donors (Lipinski definition) is 3. The summed E-state index contributed by atoms with van der Waals surface area (Å²) in [6.45, 7) is 2.18. The van der Waals surface area contributed by atoms with E-state index in [0.717, 1.165) is 64.2 Å². The maximum Gasteiger partial charge on any atom is 0.472 e. The fourth-order valence-electron chi connectivity index (χ4n) is 6.37. The average molecular weight is 817 g/mol. The van der Waals surface area contributed by atoms with E-state index in [4.69, 9.17) is 18.5 Å². The zero-order valence-corrected chi connectivity index (χ0v) is 36.8. The van der Waals surface area contributed by atoms with Crippen LogP contribution in [0.4, 0.5) is 0 Å². The first kappa shape index (κ1) is 54.5. The van der Waals surface area contributed by atoms with Crippen molar-refractivity contribution in [2.45, 2.75) is 225 Å². The van der Waals surface area contributed by atoms with Gasteiger partial charge in [0, 0.05) is 12.8 Å². The molecule has 330 valence electrons. The van der Waals surface area contributed by atoms with Gasteiger partial charge >= 0.3 is 19.8 Å². The van der Waals surface area contributed by atoms with Crippen LogP contribution in [0.15, 0.2) is 24.3 Å². The van der Waals surface area contributed by atoms with Gasteiger partial charge in [0.2, 0.25) is 0 Å². The Morgan fingerprint density at radius 1 is 0.482 bits per heavy atom. The molecule has 0 saturated carbocycles. The standard InChI is InChI=1S/C45H85O10P/c1-3-5-7-9-11-13-15-17-19-20-21-22-23-25-27-29-31-33-35-37-45(49)55-43(39-47)41-53-56(50,51)52-40-42(38-46)54-44(48)36-34-32-30-28-26-24-18-16-14-12-10-8-6-4-2/h10,12,16,18,42-43,46-47H,3-9,11,13-15,17,19-41H2,1-2H3,(H,50,51)/b12-10-,18-16-. The Balaban J connectivity index is 3.87. The van der Waals surface area contributed by atoms with Crippen LogP contribution in [0.2, 0.25) is 0 Å². The number of esters is 2. The Morgan fingerprint density at radius 2 is 0.804 bits per heavy atom. The summed E-state index contributed by atoms with van der Waals surface area (Å²) in [4.78, 5) is 34.5. The quantitative estimate of drug-likeness (QED) is 0.0235. The van der Waals surface area contributed by atoms with Crippen molar-refractivity contribution >= 4 is 19.8 Å². The van der Waals surface area contributed by atoms with E-state index in [-0.39, 0.29) is 12.8 Å². The molecule has 0 aromatic carbocycles. The number of phosphoric acid groups is 1. The smallest absolute Gasteiger partial charge is 0.457 e. The van der Waals surface area contributed by atoms with Gasteiger partial charge < -0.3 is 24.6 Å². The highest BCUT2D eigenvalue weighted by molar-refractivity contribution is 7.47. The Kier molecular flexibility index (Phi) is 40.5. The molecular weight excluding hydrogens is 731 g/mol. The topological polar surface area (TPSA) is 149 Å². The molecule has 0 aromatic rings. The number of aliphatic hydroxyl groups excluding tert-OH is 2. The van der Waals surface area contributed by atoms with Crippen molar-refractivity contribution in [2.75, 3.05) is 26.4 Å². The highest BCUT2D eigenvalue weighted by Crippen LogP contribution is 2.43. The first-order chi connectivity index (χ1) is 27.3. The van der Waals surface area contributed by atoms with Gasteiger partial charge in [-0.15, -0.1) is 0 Å². The predicted octanol–water partition coefficient (Wildman–Crippen LogP) is 12.2. The van der Waals surface area contributed by atoms with Crippen molar-refractivity contribution < 1.29 is 47.8 Å². The van der Waals surface area contributed by atoms with E-state index in [1.165, 1.54) is 109 Å². The lowest BCUT2D eigenvalue weighted by molar-refractivity contribution is -0.153. The number of phosphoric ester groups is 1. The van der Waals surface area contributed by atoms with Gasteiger partial charge in [-0.05, 0) is 38.5 Å². The molecule has 3 atom stereocenters. The molecule has 0 aliphatic rings. The third-order valence-corrected chi connectivity index (χ3v) is 10.9. The minimum atomic E-state index is -4.64. The van der Waals surface area contributed by atoms with E-state index in [0.29, 0.717) is 12.8 Å². The van der Waals surface area contributed by atoms with Gasteiger partial charge in [0.1, 0.15) is 12.2 Å². The number of hydrogen-bond acceptors (Lipinski definition) is 9. The van der Waals surface area contributed by atoms with Crippen molar-refractivity contribution in [3.63, 3.8) is 0 Å². The molecule has 3 N–H and O–H groups in total. The van der Waals surface area contributed by atoms with Crippen LogP contribution in [0.3, 0.4) is 0 Å². The zero-order chi connectivity index (χ0) is 41.2. The van der Waals surface area contributed by atoms with Gasteiger partial charge in [-0.3, -0.25) is 18.6 Å².